The molecular formula is C23H26FN3O2. The Balaban J connectivity index is 1.51. The second kappa shape index (κ2) is 8.76. The quantitative estimate of drug-likeness (QED) is 0.673. The Morgan fingerprint density at radius 1 is 1.21 bits per heavy atom. The zero-order valence-corrected chi connectivity index (χ0v) is 16.6. The first kappa shape index (κ1) is 19.6. The van der Waals surface area contributed by atoms with Gasteiger partial charge in [0.2, 0.25) is 0 Å². The summed E-state index contributed by atoms with van der Waals surface area (Å²) in [5, 5.41) is 3.71. The maximum atomic E-state index is 13.7. The van der Waals surface area contributed by atoms with Crippen LogP contribution < -0.4 is 5.32 Å². The number of benzene rings is 2. The van der Waals surface area contributed by atoms with Gasteiger partial charge in [-0.25, -0.2) is 4.39 Å². The Morgan fingerprint density at radius 2 is 1.97 bits per heavy atom. The molecular weight excluding hydrogens is 369 g/mol. The van der Waals surface area contributed by atoms with Crippen molar-refractivity contribution < 1.29 is 13.9 Å². The van der Waals surface area contributed by atoms with Gasteiger partial charge in [0.15, 0.2) is 0 Å². The zero-order valence-electron chi connectivity index (χ0n) is 16.6. The molecule has 2 heterocycles. The summed E-state index contributed by atoms with van der Waals surface area (Å²) in [5.74, 6) is -0.522. The molecule has 1 unspecified atom stereocenters. The van der Waals surface area contributed by atoms with Crippen molar-refractivity contribution in [1.82, 2.24) is 15.2 Å². The minimum absolute atomic E-state index is 0.174. The lowest BCUT2D eigenvalue weighted by Gasteiger charge is -2.34. The van der Waals surface area contributed by atoms with E-state index in [0.717, 1.165) is 30.7 Å². The molecule has 6 heteroatoms. The first-order valence-corrected chi connectivity index (χ1v) is 10.0. The summed E-state index contributed by atoms with van der Waals surface area (Å²) in [6, 6.07) is 15.0. The number of aromatic nitrogens is 1. The van der Waals surface area contributed by atoms with Crippen LogP contribution in [0.25, 0.3) is 10.9 Å². The van der Waals surface area contributed by atoms with E-state index in [9.17, 15) is 9.18 Å². The van der Waals surface area contributed by atoms with Gasteiger partial charge in [-0.2, -0.15) is 0 Å². The van der Waals surface area contributed by atoms with Crippen molar-refractivity contribution in [2.24, 2.45) is 0 Å². The number of carbonyl (C=O) groups is 1. The molecule has 29 heavy (non-hydrogen) atoms. The van der Waals surface area contributed by atoms with Gasteiger partial charge in [-0.3, -0.25) is 9.69 Å². The van der Waals surface area contributed by atoms with E-state index < -0.39 is 0 Å². The van der Waals surface area contributed by atoms with Crippen LogP contribution in [0.4, 0.5) is 4.39 Å². The van der Waals surface area contributed by atoms with Gasteiger partial charge >= 0.3 is 0 Å². The number of nitrogens with one attached hydrogen (secondary N) is 2. The summed E-state index contributed by atoms with van der Waals surface area (Å²) < 4.78 is 19.2. The number of aryl methyl sites for hydroxylation is 1. The zero-order chi connectivity index (χ0) is 20.2. The fourth-order valence-corrected chi connectivity index (χ4v) is 4.05. The summed E-state index contributed by atoms with van der Waals surface area (Å²) in [5.41, 5.74) is 3.26. The smallest absolute Gasteiger partial charge is 0.253 e. The molecule has 1 aromatic heterocycles. The molecule has 1 aliphatic rings. The predicted octanol–water partition coefficient (Wildman–Crippen LogP) is 3.29. The lowest BCUT2D eigenvalue weighted by Crippen LogP contribution is -2.49. The summed E-state index contributed by atoms with van der Waals surface area (Å²) in [7, 11) is 0. The van der Waals surface area contributed by atoms with Gasteiger partial charge in [0.25, 0.3) is 5.91 Å². The topological polar surface area (TPSA) is 57.4 Å². The van der Waals surface area contributed by atoms with Gasteiger partial charge in [0.05, 0.1) is 18.8 Å². The Morgan fingerprint density at radius 3 is 2.72 bits per heavy atom. The van der Waals surface area contributed by atoms with Gasteiger partial charge in [0, 0.05) is 42.3 Å². The summed E-state index contributed by atoms with van der Waals surface area (Å²) in [6.07, 6.45) is 0.850. The number of hydrogen-bond donors (Lipinski definition) is 2. The van der Waals surface area contributed by atoms with Crippen molar-refractivity contribution in [2.75, 3.05) is 32.8 Å². The predicted molar refractivity (Wildman–Crippen MR) is 112 cm³/mol. The minimum atomic E-state index is -0.346. The molecule has 0 spiro atoms. The number of amides is 1. The average Bonchev–Trinajstić information content (AvgIpc) is 3.07. The van der Waals surface area contributed by atoms with Crippen LogP contribution in [0.15, 0.2) is 48.5 Å². The van der Waals surface area contributed by atoms with E-state index in [4.69, 9.17) is 4.74 Å². The molecule has 2 N–H and O–H groups in total. The van der Waals surface area contributed by atoms with Crippen molar-refractivity contribution in [3.8, 4) is 0 Å². The molecule has 0 aliphatic carbocycles. The van der Waals surface area contributed by atoms with E-state index in [-0.39, 0.29) is 17.8 Å². The Kier molecular flexibility index (Phi) is 5.92. The molecule has 3 aromatic rings. The molecule has 1 saturated heterocycles. The molecule has 0 bridgehead atoms. The van der Waals surface area contributed by atoms with Crippen molar-refractivity contribution in [2.45, 2.75) is 19.4 Å². The average molecular weight is 395 g/mol. The van der Waals surface area contributed by atoms with E-state index in [1.165, 1.54) is 17.7 Å². The molecule has 0 saturated carbocycles. The summed E-state index contributed by atoms with van der Waals surface area (Å²) in [6.45, 7) is 5.49. The third-order valence-electron chi connectivity index (χ3n) is 5.55. The number of carbonyl (C=O) groups excluding carboxylic acids is 1. The largest absolute Gasteiger partial charge is 0.379 e. The monoisotopic (exact) mass is 395 g/mol. The van der Waals surface area contributed by atoms with E-state index in [1.807, 2.05) is 25.1 Å². The lowest BCUT2D eigenvalue weighted by molar-refractivity contribution is 0.0168. The van der Waals surface area contributed by atoms with E-state index in [2.05, 4.69) is 27.3 Å². The number of H-pyrrole nitrogens is 1. The van der Waals surface area contributed by atoms with Gasteiger partial charge in [-0.1, -0.05) is 30.3 Å². The molecule has 1 fully saturated rings. The van der Waals surface area contributed by atoms with Crippen LogP contribution in [0.3, 0.4) is 0 Å². The van der Waals surface area contributed by atoms with Gasteiger partial charge in [-0.15, -0.1) is 0 Å². The molecule has 5 nitrogen and oxygen atoms in total. The number of ether oxygens (including phenoxy) is 1. The Bertz CT molecular complexity index is 980. The molecule has 4 rings (SSSR count). The van der Waals surface area contributed by atoms with Crippen LogP contribution in [-0.2, 0) is 11.2 Å². The minimum Gasteiger partial charge on any atom is -0.379 e. The summed E-state index contributed by atoms with van der Waals surface area (Å²) >= 11 is 0. The molecule has 2 aromatic carbocycles. The first-order chi connectivity index (χ1) is 14.1. The van der Waals surface area contributed by atoms with Crippen LogP contribution >= 0.6 is 0 Å². The third kappa shape index (κ3) is 4.49. The second-order valence-electron chi connectivity index (χ2n) is 7.52. The van der Waals surface area contributed by atoms with Crippen LogP contribution in [0.2, 0.25) is 0 Å². The van der Waals surface area contributed by atoms with Crippen molar-refractivity contribution in [1.29, 1.82) is 0 Å². The molecule has 1 aliphatic heterocycles. The van der Waals surface area contributed by atoms with Crippen molar-refractivity contribution >= 4 is 16.8 Å². The van der Waals surface area contributed by atoms with Crippen molar-refractivity contribution in [3.05, 3.63) is 71.2 Å². The number of hydrogen-bond acceptors (Lipinski definition) is 3. The number of morpholine rings is 1. The first-order valence-electron chi connectivity index (χ1n) is 10.0. The number of aromatic amines is 1. The highest BCUT2D eigenvalue weighted by Crippen LogP contribution is 2.23. The van der Waals surface area contributed by atoms with E-state index >= 15 is 0 Å². The second-order valence-corrected chi connectivity index (χ2v) is 7.52. The van der Waals surface area contributed by atoms with Crippen molar-refractivity contribution in [3.63, 3.8) is 0 Å². The van der Waals surface area contributed by atoms with Crippen LogP contribution in [0.1, 0.15) is 21.6 Å². The summed E-state index contributed by atoms with van der Waals surface area (Å²) in [4.78, 5) is 18.5. The maximum absolute atomic E-state index is 13.7. The normalized spacial score (nSPS) is 16.1. The molecule has 1 atom stereocenters. The van der Waals surface area contributed by atoms with Gasteiger partial charge < -0.3 is 15.0 Å². The number of nitrogens with zero attached hydrogens (tertiary/aromatic N) is 1. The maximum Gasteiger partial charge on any atom is 0.253 e. The molecule has 152 valence electrons. The number of rotatable bonds is 6. The molecule has 0 radical (unpaired) electrons. The Hall–Kier alpha value is -2.70. The number of halogens is 1. The SMILES string of the molecule is Cc1[nH]c2ccc(F)cc2c1C(=O)NCC(Cc1ccccc1)N1CCOCC1. The third-order valence-corrected chi connectivity index (χ3v) is 5.55. The lowest BCUT2D eigenvalue weighted by atomic mass is 10.0. The van der Waals surface area contributed by atoms with Gasteiger partial charge in [-0.05, 0) is 37.1 Å². The highest BCUT2D eigenvalue weighted by atomic mass is 19.1. The fourth-order valence-electron chi connectivity index (χ4n) is 4.05. The highest BCUT2D eigenvalue weighted by Gasteiger charge is 2.23. The standard InChI is InChI=1S/C23H26FN3O2/c1-16-22(20-14-18(24)7-8-21(20)26-16)23(28)25-15-19(27-9-11-29-12-10-27)13-17-5-3-2-4-6-17/h2-8,14,19,26H,9-13,15H2,1H3,(H,25,28). The fraction of sp³-hybridized carbons (Fsp3) is 0.348. The van der Waals surface area contributed by atoms with E-state index in [0.29, 0.717) is 30.7 Å². The molecule has 1 amide bonds. The van der Waals surface area contributed by atoms with Crippen LogP contribution in [-0.4, -0.2) is 54.7 Å². The van der Waals surface area contributed by atoms with Gasteiger partial charge in [0.1, 0.15) is 5.82 Å². The highest BCUT2D eigenvalue weighted by molar-refractivity contribution is 6.08. The number of fused-ring (bicyclic) bond motifs is 1. The van der Waals surface area contributed by atoms with Crippen LogP contribution in [0, 0.1) is 12.7 Å². The van der Waals surface area contributed by atoms with Crippen LogP contribution in [0.5, 0.6) is 0 Å². The van der Waals surface area contributed by atoms with E-state index in [1.54, 1.807) is 6.07 Å². The Labute approximate surface area is 169 Å².